The van der Waals surface area contributed by atoms with Gasteiger partial charge in [-0.25, -0.2) is 0 Å². The van der Waals surface area contributed by atoms with Crippen molar-refractivity contribution in [3.63, 3.8) is 0 Å². The first-order valence-corrected chi connectivity index (χ1v) is 10.2. The quantitative estimate of drug-likeness (QED) is 0.278. The van der Waals surface area contributed by atoms with E-state index >= 15 is 0 Å². The molecular formula is C21H35IN4O3. The van der Waals surface area contributed by atoms with Gasteiger partial charge in [0.2, 0.25) is 0 Å². The number of anilines is 1. The van der Waals surface area contributed by atoms with E-state index in [0.29, 0.717) is 12.5 Å². The van der Waals surface area contributed by atoms with E-state index in [2.05, 4.69) is 32.7 Å². The summed E-state index contributed by atoms with van der Waals surface area (Å²) in [6, 6.07) is 8.21. The molecule has 0 aliphatic carbocycles. The van der Waals surface area contributed by atoms with Crippen LogP contribution >= 0.6 is 24.0 Å². The number of halogens is 1. The van der Waals surface area contributed by atoms with Crippen LogP contribution in [0.25, 0.3) is 0 Å². The summed E-state index contributed by atoms with van der Waals surface area (Å²) in [5.74, 6) is 2.31. The van der Waals surface area contributed by atoms with Gasteiger partial charge in [-0.1, -0.05) is 12.1 Å². The largest absolute Gasteiger partial charge is 0.495 e. The lowest BCUT2D eigenvalue weighted by atomic mass is 9.84. The molecule has 0 spiro atoms. The number of benzene rings is 1. The minimum absolute atomic E-state index is 0. The lowest BCUT2D eigenvalue weighted by Crippen LogP contribution is -2.45. The SMILES string of the molecule is CN=C(NCC1CCN(c2ccccc2OC)C1)NCC1(CCO)CCOC1.I. The molecule has 2 unspecified atom stereocenters. The maximum atomic E-state index is 9.37. The summed E-state index contributed by atoms with van der Waals surface area (Å²) in [5, 5.41) is 16.3. The minimum atomic E-state index is 0. The van der Waals surface area contributed by atoms with Crippen molar-refractivity contribution in [3.05, 3.63) is 24.3 Å². The number of para-hydroxylation sites is 2. The van der Waals surface area contributed by atoms with Crippen LogP contribution in [0.15, 0.2) is 29.3 Å². The summed E-state index contributed by atoms with van der Waals surface area (Å²) >= 11 is 0. The number of aliphatic hydroxyl groups is 1. The molecule has 0 amide bonds. The minimum Gasteiger partial charge on any atom is -0.495 e. The molecule has 8 heteroatoms. The first-order chi connectivity index (χ1) is 13.7. The fraction of sp³-hybridized carbons (Fsp3) is 0.667. The Hall–Kier alpha value is -1.26. The Bertz CT molecular complexity index is 653. The molecular weight excluding hydrogens is 483 g/mol. The maximum Gasteiger partial charge on any atom is 0.191 e. The van der Waals surface area contributed by atoms with Gasteiger partial charge < -0.3 is 30.1 Å². The number of guanidine groups is 1. The molecule has 1 aromatic rings. The topological polar surface area (TPSA) is 78.4 Å². The summed E-state index contributed by atoms with van der Waals surface area (Å²) in [4.78, 5) is 6.76. The van der Waals surface area contributed by atoms with Crippen LogP contribution in [-0.4, -0.2) is 71.2 Å². The molecule has 0 saturated carbocycles. The monoisotopic (exact) mass is 518 g/mol. The molecule has 0 bridgehead atoms. The lowest BCUT2D eigenvalue weighted by Gasteiger charge is -2.28. The Morgan fingerprint density at radius 1 is 1.38 bits per heavy atom. The van der Waals surface area contributed by atoms with Gasteiger partial charge in [0, 0.05) is 51.9 Å². The van der Waals surface area contributed by atoms with Gasteiger partial charge in [0.05, 0.1) is 19.4 Å². The van der Waals surface area contributed by atoms with Crippen molar-refractivity contribution in [2.45, 2.75) is 19.3 Å². The van der Waals surface area contributed by atoms with Crippen molar-refractivity contribution in [1.82, 2.24) is 10.6 Å². The van der Waals surface area contributed by atoms with Crippen LogP contribution in [0.4, 0.5) is 5.69 Å². The number of nitrogens with zero attached hydrogens (tertiary/aromatic N) is 2. The fourth-order valence-corrected chi connectivity index (χ4v) is 4.15. The summed E-state index contributed by atoms with van der Waals surface area (Å²) in [6.45, 7) is 5.36. The van der Waals surface area contributed by atoms with E-state index in [1.807, 2.05) is 12.1 Å². The van der Waals surface area contributed by atoms with Gasteiger partial charge in [-0.05, 0) is 37.3 Å². The van der Waals surface area contributed by atoms with Gasteiger partial charge in [0.25, 0.3) is 0 Å². The average molecular weight is 518 g/mol. The number of hydrogen-bond acceptors (Lipinski definition) is 5. The van der Waals surface area contributed by atoms with Crippen LogP contribution in [0, 0.1) is 11.3 Å². The van der Waals surface area contributed by atoms with E-state index in [1.165, 1.54) is 5.69 Å². The summed E-state index contributed by atoms with van der Waals surface area (Å²) in [5.41, 5.74) is 1.18. The van der Waals surface area contributed by atoms with Crippen LogP contribution in [-0.2, 0) is 4.74 Å². The van der Waals surface area contributed by atoms with E-state index in [1.54, 1.807) is 14.2 Å². The second-order valence-corrected chi connectivity index (χ2v) is 7.86. The van der Waals surface area contributed by atoms with Crippen LogP contribution in [0.1, 0.15) is 19.3 Å². The Morgan fingerprint density at radius 3 is 2.90 bits per heavy atom. The molecule has 0 radical (unpaired) electrons. The maximum absolute atomic E-state index is 9.37. The average Bonchev–Trinajstić information content (AvgIpc) is 3.38. The summed E-state index contributed by atoms with van der Waals surface area (Å²) in [7, 11) is 3.53. The Balaban J connectivity index is 0.00000300. The number of hydrogen-bond donors (Lipinski definition) is 3. The first kappa shape index (κ1) is 24.0. The number of rotatable bonds is 8. The zero-order chi connectivity index (χ0) is 19.8. The van der Waals surface area contributed by atoms with Gasteiger partial charge in [0.15, 0.2) is 5.96 Å². The third kappa shape index (κ3) is 6.36. The molecule has 7 nitrogen and oxygen atoms in total. The highest BCUT2D eigenvalue weighted by Crippen LogP contribution is 2.32. The molecule has 2 atom stereocenters. The predicted octanol–water partition coefficient (Wildman–Crippen LogP) is 2.09. The Kier molecular flexibility index (Phi) is 9.78. The highest BCUT2D eigenvalue weighted by Gasteiger charge is 2.34. The van der Waals surface area contributed by atoms with Crippen molar-refractivity contribution in [2.24, 2.45) is 16.3 Å². The van der Waals surface area contributed by atoms with E-state index in [0.717, 1.165) is 63.8 Å². The molecule has 2 aliphatic heterocycles. The fourth-order valence-electron chi connectivity index (χ4n) is 4.15. The standard InChI is InChI=1S/C21H34N4O3.HI/c1-22-20(24-15-21(8-11-26)9-12-28-16-21)23-13-17-7-10-25(14-17)18-5-3-4-6-19(18)27-2;/h3-6,17,26H,7-16H2,1-2H3,(H2,22,23,24);1H. The third-order valence-electron chi connectivity index (χ3n) is 5.95. The predicted molar refractivity (Wildman–Crippen MR) is 128 cm³/mol. The van der Waals surface area contributed by atoms with Crippen LogP contribution < -0.4 is 20.3 Å². The zero-order valence-electron chi connectivity index (χ0n) is 17.5. The summed E-state index contributed by atoms with van der Waals surface area (Å²) in [6.07, 6.45) is 2.88. The molecule has 2 aliphatic rings. The molecule has 1 aromatic carbocycles. The Labute approximate surface area is 191 Å². The van der Waals surface area contributed by atoms with Gasteiger partial charge in [-0.2, -0.15) is 0 Å². The van der Waals surface area contributed by atoms with E-state index in [9.17, 15) is 5.11 Å². The Morgan fingerprint density at radius 2 is 2.21 bits per heavy atom. The first-order valence-electron chi connectivity index (χ1n) is 10.2. The number of nitrogens with one attached hydrogen (secondary N) is 2. The number of ether oxygens (including phenoxy) is 2. The van der Waals surface area contributed by atoms with Crippen LogP contribution in [0.3, 0.4) is 0 Å². The highest BCUT2D eigenvalue weighted by atomic mass is 127. The number of aliphatic imine (C=N–C) groups is 1. The molecule has 2 fully saturated rings. The van der Waals surface area contributed by atoms with Gasteiger partial charge in [-0.15, -0.1) is 24.0 Å². The molecule has 2 saturated heterocycles. The second kappa shape index (κ2) is 11.8. The van der Waals surface area contributed by atoms with Crippen LogP contribution in [0.2, 0.25) is 0 Å². The van der Waals surface area contributed by atoms with Crippen molar-refractivity contribution in [2.75, 3.05) is 65.1 Å². The molecule has 164 valence electrons. The third-order valence-corrected chi connectivity index (χ3v) is 5.95. The van der Waals surface area contributed by atoms with Crippen molar-refractivity contribution in [1.29, 1.82) is 0 Å². The molecule has 3 rings (SSSR count). The van der Waals surface area contributed by atoms with E-state index in [-0.39, 0.29) is 36.0 Å². The second-order valence-electron chi connectivity index (χ2n) is 7.86. The number of methoxy groups -OCH3 is 1. The molecule has 29 heavy (non-hydrogen) atoms. The molecule has 0 aromatic heterocycles. The smallest absolute Gasteiger partial charge is 0.191 e. The number of aliphatic hydroxyl groups excluding tert-OH is 1. The van der Waals surface area contributed by atoms with Gasteiger partial charge >= 0.3 is 0 Å². The molecule has 3 N–H and O–H groups in total. The molecule has 2 heterocycles. The zero-order valence-corrected chi connectivity index (χ0v) is 19.9. The van der Waals surface area contributed by atoms with Crippen LogP contribution in [0.5, 0.6) is 5.75 Å². The van der Waals surface area contributed by atoms with Gasteiger partial charge in [0.1, 0.15) is 5.75 Å². The highest BCUT2D eigenvalue weighted by molar-refractivity contribution is 14.0. The van der Waals surface area contributed by atoms with Crippen molar-refractivity contribution < 1.29 is 14.6 Å². The van der Waals surface area contributed by atoms with E-state index in [4.69, 9.17) is 9.47 Å². The normalized spacial score (nSPS) is 24.3. The van der Waals surface area contributed by atoms with Crippen molar-refractivity contribution in [3.8, 4) is 5.75 Å². The summed E-state index contributed by atoms with van der Waals surface area (Å²) < 4.78 is 11.1. The van der Waals surface area contributed by atoms with Gasteiger partial charge in [-0.3, -0.25) is 4.99 Å². The lowest BCUT2D eigenvalue weighted by molar-refractivity contribution is 0.127. The van der Waals surface area contributed by atoms with Crippen molar-refractivity contribution >= 4 is 35.6 Å². The van der Waals surface area contributed by atoms with E-state index < -0.39 is 0 Å².